The topological polar surface area (TPSA) is 143 Å². The van der Waals surface area contributed by atoms with Crippen LogP contribution in [0.1, 0.15) is 59.1 Å². The van der Waals surface area contributed by atoms with E-state index in [4.69, 9.17) is 10.5 Å². The summed E-state index contributed by atoms with van der Waals surface area (Å²) in [6.45, 7) is 10.5. The highest BCUT2D eigenvalue weighted by atomic mass is 19.1. The molecule has 10 nitrogen and oxygen atoms in total. The van der Waals surface area contributed by atoms with Crippen LogP contribution in [0.3, 0.4) is 0 Å². The van der Waals surface area contributed by atoms with E-state index in [2.05, 4.69) is 16.0 Å². The van der Waals surface area contributed by atoms with Gasteiger partial charge < -0.3 is 31.3 Å². The summed E-state index contributed by atoms with van der Waals surface area (Å²) in [5.74, 6) is -1.86. The molecule has 0 aromatic heterocycles. The van der Waals surface area contributed by atoms with E-state index in [-0.39, 0.29) is 25.3 Å². The smallest absolute Gasteiger partial charge is 0.408 e. The van der Waals surface area contributed by atoms with Gasteiger partial charge in [0.1, 0.15) is 23.5 Å². The third-order valence-corrected chi connectivity index (χ3v) is 7.54. The zero-order valence-electron chi connectivity index (χ0n) is 24.9. The summed E-state index contributed by atoms with van der Waals surface area (Å²) in [5.41, 5.74) is 5.83. The molecular formula is C31H40FN5O5. The molecule has 5 N–H and O–H groups in total. The summed E-state index contributed by atoms with van der Waals surface area (Å²) in [6.07, 6.45) is -1.42. The summed E-state index contributed by atoms with van der Waals surface area (Å²) >= 11 is 0. The summed E-state index contributed by atoms with van der Waals surface area (Å²) in [7, 11) is 0. The molecule has 4 rings (SSSR count). The van der Waals surface area contributed by atoms with Crippen molar-refractivity contribution in [2.75, 3.05) is 11.9 Å². The van der Waals surface area contributed by atoms with Crippen molar-refractivity contribution in [1.29, 1.82) is 0 Å². The van der Waals surface area contributed by atoms with Crippen molar-refractivity contribution in [3.63, 3.8) is 0 Å². The Bertz CT molecular complexity index is 1380. The minimum absolute atomic E-state index is 0.0181. The number of nitrogens with one attached hydrogen (secondary N) is 3. The molecule has 1 spiro atoms. The number of benzene rings is 2. The van der Waals surface area contributed by atoms with Gasteiger partial charge in [-0.15, -0.1) is 0 Å². The van der Waals surface area contributed by atoms with Crippen LogP contribution in [0.4, 0.5) is 14.9 Å². The number of nitrogens with zero attached hydrogens (tertiary/aromatic N) is 1. The summed E-state index contributed by atoms with van der Waals surface area (Å²) in [5, 5.41) is 8.30. The number of anilines is 1. The number of para-hydroxylation sites is 1. The van der Waals surface area contributed by atoms with E-state index in [9.17, 15) is 23.6 Å². The Morgan fingerprint density at radius 2 is 1.79 bits per heavy atom. The maximum atomic E-state index is 14.1. The van der Waals surface area contributed by atoms with Crippen molar-refractivity contribution in [2.45, 2.75) is 83.6 Å². The second-order valence-electron chi connectivity index (χ2n) is 13.2. The molecule has 2 aromatic rings. The average Bonchev–Trinajstić information content (AvgIpc) is 3.36. The first kappa shape index (κ1) is 31.0. The van der Waals surface area contributed by atoms with Gasteiger partial charge in [-0.1, -0.05) is 51.1 Å². The predicted molar refractivity (Wildman–Crippen MR) is 156 cm³/mol. The predicted octanol–water partition coefficient (Wildman–Crippen LogP) is 3.20. The molecule has 4 atom stereocenters. The molecule has 2 heterocycles. The Balaban J connectivity index is 1.62. The number of carbonyl (C=O) groups excluding carboxylic acids is 4. The molecule has 42 heavy (non-hydrogen) atoms. The van der Waals surface area contributed by atoms with Gasteiger partial charge in [0.25, 0.3) is 0 Å². The number of halogens is 1. The maximum absolute atomic E-state index is 14.1. The highest BCUT2D eigenvalue weighted by molar-refractivity contribution is 6.07. The minimum Gasteiger partial charge on any atom is -0.444 e. The van der Waals surface area contributed by atoms with Gasteiger partial charge in [-0.25, -0.2) is 9.18 Å². The van der Waals surface area contributed by atoms with Gasteiger partial charge in [-0.3, -0.25) is 14.4 Å². The number of rotatable bonds is 6. The second kappa shape index (κ2) is 11.4. The van der Waals surface area contributed by atoms with Crippen LogP contribution < -0.4 is 21.7 Å². The van der Waals surface area contributed by atoms with Gasteiger partial charge in [-0.05, 0) is 55.5 Å². The molecule has 2 aliphatic rings. The van der Waals surface area contributed by atoms with E-state index < -0.39 is 58.4 Å². The maximum Gasteiger partial charge on any atom is 0.408 e. The molecule has 11 heteroatoms. The largest absolute Gasteiger partial charge is 0.444 e. The minimum atomic E-state index is -1.16. The number of hydrogen-bond acceptors (Lipinski definition) is 6. The van der Waals surface area contributed by atoms with E-state index >= 15 is 0 Å². The fourth-order valence-corrected chi connectivity index (χ4v) is 5.57. The van der Waals surface area contributed by atoms with Crippen molar-refractivity contribution < 1.29 is 28.3 Å². The Labute approximate surface area is 245 Å². The zero-order chi connectivity index (χ0) is 31.0. The van der Waals surface area contributed by atoms with Crippen LogP contribution >= 0.6 is 0 Å². The van der Waals surface area contributed by atoms with Crippen molar-refractivity contribution in [3.8, 4) is 0 Å². The number of hydrogen-bond donors (Lipinski definition) is 4. The van der Waals surface area contributed by atoms with Gasteiger partial charge in [0.2, 0.25) is 17.7 Å². The zero-order valence-corrected chi connectivity index (χ0v) is 24.9. The molecule has 0 aliphatic carbocycles. The molecular weight excluding hydrogens is 541 g/mol. The van der Waals surface area contributed by atoms with Gasteiger partial charge >= 0.3 is 6.09 Å². The number of likely N-dealkylation sites (tertiary alicyclic amines) is 1. The molecule has 1 saturated heterocycles. The standard InChI is InChI=1S/C31H40FN5O5/c1-29(2,3)24(36-28(41)42-30(4,5)6)25(38)34-22(15-18-10-9-11-19(32)14-18)26(39)37-17-31(16-23(37)33)20-12-7-8-13-21(20)35-27(31)40/h7-14,22-24H,15-17,33H2,1-6H3,(H,34,38)(H,35,40)(H,36,41)/t22?,23-,24+,31-/m0/s1. The van der Waals surface area contributed by atoms with Crippen LogP contribution in [0.25, 0.3) is 0 Å². The van der Waals surface area contributed by atoms with E-state index in [0.717, 1.165) is 5.56 Å². The molecule has 0 radical (unpaired) electrons. The van der Waals surface area contributed by atoms with Gasteiger partial charge in [0.15, 0.2) is 0 Å². The van der Waals surface area contributed by atoms with E-state index in [1.54, 1.807) is 53.7 Å². The lowest BCUT2D eigenvalue weighted by Gasteiger charge is -2.34. The number of carbonyl (C=O) groups is 4. The summed E-state index contributed by atoms with van der Waals surface area (Å²) in [4.78, 5) is 55.0. The van der Waals surface area contributed by atoms with Crippen LogP contribution in [-0.4, -0.2) is 59.1 Å². The second-order valence-corrected chi connectivity index (χ2v) is 13.2. The van der Waals surface area contributed by atoms with Crippen molar-refractivity contribution in [3.05, 3.63) is 65.5 Å². The molecule has 226 valence electrons. The Morgan fingerprint density at radius 1 is 1.10 bits per heavy atom. The summed E-state index contributed by atoms with van der Waals surface area (Å²) in [6, 6.07) is 10.8. The third kappa shape index (κ3) is 6.56. The van der Waals surface area contributed by atoms with Gasteiger partial charge in [0, 0.05) is 25.1 Å². The molecule has 2 aliphatic heterocycles. The van der Waals surface area contributed by atoms with Crippen molar-refractivity contribution >= 4 is 29.5 Å². The van der Waals surface area contributed by atoms with Gasteiger partial charge in [0.05, 0.1) is 11.6 Å². The van der Waals surface area contributed by atoms with Crippen molar-refractivity contribution in [2.24, 2.45) is 11.1 Å². The molecule has 4 amide bonds. The Kier molecular flexibility index (Phi) is 8.37. The van der Waals surface area contributed by atoms with Gasteiger partial charge in [-0.2, -0.15) is 0 Å². The van der Waals surface area contributed by atoms with Crippen LogP contribution in [0.15, 0.2) is 48.5 Å². The van der Waals surface area contributed by atoms with E-state index in [0.29, 0.717) is 11.3 Å². The number of alkyl carbamates (subject to hydrolysis) is 1. The van der Waals surface area contributed by atoms with E-state index in [1.807, 2.05) is 18.2 Å². The molecule has 1 unspecified atom stereocenters. The lowest BCUT2D eigenvalue weighted by molar-refractivity contribution is -0.138. The first-order valence-corrected chi connectivity index (χ1v) is 14.0. The van der Waals surface area contributed by atoms with Crippen molar-refractivity contribution in [1.82, 2.24) is 15.5 Å². The number of fused-ring (bicyclic) bond motifs is 2. The highest BCUT2D eigenvalue weighted by Crippen LogP contribution is 2.45. The Hall–Kier alpha value is -3.99. The molecule has 0 bridgehead atoms. The van der Waals surface area contributed by atoms with E-state index in [1.165, 1.54) is 23.1 Å². The quantitative estimate of drug-likeness (QED) is 0.413. The molecule has 2 aromatic carbocycles. The molecule has 1 fully saturated rings. The van der Waals surface area contributed by atoms with Crippen LogP contribution in [0, 0.1) is 11.2 Å². The lowest BCUT2D eigenvalue weighted by Crippen LogP contribution is -2.60. The summed E-state index contributed by atoms with van der Waals surface area (Å²) < 4.78 is 19.4. The van der Waals surface area contributed by atoms with Crippen LogP contribution in [-0.2, 0) is 31.0 Å². The number of nitrogens with two attached hydrogens (primary N) is 1. The third-order valence-electron chi connectivity index (χ3n) is 7.54. The molecule has 0 saturated carbocycles. The fourth-order valence-electron chi connectivity index (χ4n) is 5.57. The highest BCUT2D eigenvalue weighted by Gasteiger charge is 2.55. The first-order chi connectivity index (χ1) is 19.5. The lowest BCUT2D eigenvalue weighted by atomic mass is 9.80. The normalized spacial score (nSPS) is 21.4. The average molecular weight is 582 g/mol. The van der Waals surface area contributed by atoms with Crippen LogP contribution in [0.5, 0.6) is 0 Å². The monoisotopic (exact) mass is 581 g/mol. The SMILES string of the molecule is CC(C)(C)OC(=O)N[C@H](C(=O)NC(Cc1cccc(F)c1)C(=O)N1C[C@]2(C[C@H]1N)C(=O)Nc1ccccc12)C(C)(C)C. The Morgan fingerprint density at radius 3 is 2.43 bits per heavy atom. The first-order valence-electron chi connectivity index (χ1n) is 14.0. The number of amides is 4. The van der Waals surface area contributed by atoms with Crippen LogP contribution in [0.2, 0.25) is 0 Å². The fraction of sp³-hybridized carbons (Fsp3) is 0.484. The number of ether oxygens (including phenoxy) is 1.